The molecule has 3 aliphatic heterocycles. The summed E-state index contributed by atoms with van der Waals surface area (Å²) in [6.07, 6.45) is 4.50. The summed E-state index contributed by atoms with van der Waals surface area (Å²) in [6.45, 7) is 8.52. The van der Waals surface area contributed by atoms with Gasteiger partial charge in [0.05, 0.1) is 18.2 Å². The van der Waals surface area contributed by atoms with E-state index >= 15 is 0 Å². The zero-order valence-electron chi connectivity index (χ0n) is 20.8. The van der Waals surface area contributed by atoms with Crippen molar-refractivity contribution < 1.29 is 24.2 Å². The Hall–Kier alpha value is -2.16. The van der Waals surface area contributed by atoms with E-state index in [9.17, 15) is 14.7 Å². The highest BCUT2D eigenvalue weighted by atomic mass is 16.5. The van der Waals surface area contributed by atoms with E-state index in [4.69, 9.17) is 9.47 Å². The molecule has 4 rings (SSSR count). The van der Waals surface area contributed by atoms with Crippen LogP contribution in [-0.2, 0) is 9.53 Å². The third-order valence-electron chi connectivity index (χ3n) is 7.86. The number of hydrogen-bond acceptors (Lipinski definition) is 6. The minimum atomic E-state index is -1.09. The van der Waals surface area contributed by atoms with Crippen LogP contribution in [0.2, 0.25) is 0 Å². The fourth-order valence-corrected chi connectivity index (χ4v) is 5.44. The predicted molar refractivity (Wildman–Crippen MR) is 129 cm³/mol. The van der Waals surface area contributed by atoms with Crippen LogP contribution in [-0.4, -0.2) is 102 Å². The van der Waals surface area contributed by atoms with Gasteiger partial charge in [0.25, 0.3) is 5.91 Å². The number of benzene rings is 1. The smallest absolute Gasteiger partial charge is 0.253 e. The van der Waals surface area contributed by atoms with E-state index in [1.165, 1.54) is 19.8 Å². The molecule has 2 amide bonds. The zero-order chi connectivity index (χ0) is 24.3. The molecular weight excluding hydrogens is 434 g/mol. The maximum Gasteiger partial charge on any atom is 0.253 e. The van der Waals surface area contributed by atoms with Gasteiger partial charge in [0.1, 0.15) is 18.0 Å². The van der Waals surface area contributed by atoms with Crippen molar-refractivity contribution in [2.75, 3.05) is 53.0 Å². The van der Waals surface area contributed by atoms with E-state index < -0.39 is 11.2 Å². The van der Waals surface area contributed by atoms with Crippen molar-refractivity contribution in [3.63, 3.8) is 0 Å². The monoisotopic (exact) mass is 473 g/mol. The number of piperidine rings is 1. The Bertz CT molecular complexity index is 858. The molecule has 3 saturated heterocycles. The fraction of sp³-hybridized carbons (Fsp3) is 0.692. The van der Waals surface area contributed by atoms with Crippen LogP contribution in [0.15, 0.2) is 24.3 Å². The van der Waals surface area contributed by atoms with Crippen molar-refractivity contribution in [2.24, 2.45) is 0 Å². The van der Waals surface area contributed by atoms with Gasteiger partial charge < -0.3 is 24.4 Å². The van der Waals surface area contributed by atoms with Gasteiger partial charge in [-0.1, -0.05) is 0 Å². The first-order chi connectivity index (χ1) is 16.2. The first kappa shape index (κ1) is 24.9. The van der Waals surface area contributed by atoms with Crippen LogP contribution in [0, 0.1) is 0 Å². The van der Waals surface area contributed by atoms with Crippen LogP contribution in [0.4, 0.5) is 0 Å². The molecule has 0 radical (unpaired) electrons. The Morgan fingerprint density at radius 2 is 1.79 bits per heavy atom. The molecule has 8 heteroatoms. The Kier molecular flexibility index (Phi) is 7.50. The normalized spacial score (nSPS) is 27.1. The molecule has 188 valence electrons. The maximum absolute atomic E-state index is 13.1. The van der Waals surface area contributed by atoms with Crippen LogP contribution in [0.1, 0.15) is 56.3 Å². The Labute approximate surface area is 202 Å². The standard InChI is InChI=1S/C26H39N3O5/c1-20(30)27(3)23-18-26(34-19-25(23,2)32)10-14-29(15-11-26)24(31)21-6-8-22(9-7-21)33-17-16-28-12-4-5-13-28/h6-9,23,32H,4-5,10-19H2,1-3H3/t23-,25-/m0/s1. The summed E-state index contributed by atoms with van der Waals surface area (Å²) in [5.41, 5.74) is -0.846. The number of rotatable bonds is 6. The van der Waals surface area contributed by atoms with E-state index in [1.807, 2.05) is 29.2 Å². The third-order valence-corrected chi connectivity index (χ3v) is 7.86. The van der Waals surface area contributed by atoms with E-state index in [-0.39, 0.29) is 24.5 Å². The Morgan fingerprint density at radius 1 is 1.15 bits per heavy atom. The second-order valence-electron chi connectivity index (χ2n) is 10.4. The van der Waals surface area contributed by atoms with Crippen molar-refractivity contribution in [1.29, 1.82) is 0 Å². The predicted octanol–water partition coefficient (Wildman–Crippen LogP) is 2.15. The molecular formula is C26H39N3O5. The SMILES string of the molecule is CC(=O)N(C)[C@H]1CC2(CCN(C(=O)c3ccc(OCCN4CCCC4)cc3)CC2)OC[C@]1(C)O. The van der Waals surface area contributed by atoms with Gasteiger partial charge in [0.2, 0.25) is 5.91 Å². The largest absolute Gasteiger partial charge is 0.492 e. The maximum atomic E-state index is 13.1. The van der Waals surface area contributed by atoms with Gasteiger partial charge in [-0.15, -0.1) is 0 Å². The lowest BCUT2D eigenvalue weighted by atomic mass is 9.77. The van der Waals surface area contributed by atoms with Crippen molar-refractivity contribution in [3.8, 4) is 5.75 Å². The molecule has 0 bridgehead atoms. The van der Waals surface area contributed by atoms with Gasteiger partial charge in [-0.25, -0.2) is 0 Å². The minimum Gasteiger partial charge on any atom is -0.492 e. The average molecular weight is 474 g/mol. The molecule has 1 aromatic rings. The first-order valence-electron chi connectivity index (χ1n) is 12.5. The number of nitrogens with zero attached hydrogens (tertiary/aromatic N) is 3. The molecule has 1 spiro atoms. The molecule has 1 N–H and O–H groups in total. The average Bonchev–Trinajstić information content (AvgIpc) is 3.34. The quantitative estimate of drug-likeness (QED) is 0.682. The van der Waals surface area contributed by atoms with Gasteiger partial charge >= 0.3 is 0 Å². The topological polar surface area (TPSA) is 82.6 Å². The van der Waals surface area contributed by atoms with Crippen molar-refractivity contribution in [2.45, 2.75) is 63.2 Å². The number of amides is 2. The fourth-order valence-electron chi connectivity index (χ4n) is 5.44. The van der Waals surface area contributed by atoms with Crippen LogP contribution in [0.25, 0.3) is 0 Å². The van der Waals surface area contributed by atoms with Gasteiger partial charge in [0, 0.05) is 39.2 Å². The molecule has 34 heavy (non-hydrogen) atoms. The Morgan fingerprint density at radius 3 is 2.41 bits per heavy atom. The van der Waals surface area contributed by atoms with E-state index in [1.54, 1.807) is 18.9 Å². The highest BCUT2D eigenvalue weighted by Crippen LogP contribution is 2.40. The number of aliphatic hydroxyl groups is 1. The van der Waals surface area contributed by atoms with Crippen LogP contribution in [0.5, 0.6) is 5.75 Å². The zero-order valence-corrected chi connectivity index (χ0v) is 20.8. The van der Waals surface area contributed by atoms with E-state index in [0.717, 1.165) is 25.4 Å². The van der Waals surface area contributed by atoms with Gasteiger partial charge in [-0.05, 0) is 76.4 Å². The van der Waals surface area contributed by atoms with Crippen LogP contribution < -0.4 is 4.74 Å². The summed E-state index contributed by atoms with van der Waals surface area (Å²) in [7, 11) is 1.74. The summed E-state index contributed by atoms with van der Waals surface area (Å²) >= 11 is 0. The van der Waals surface area contributed by atoms with Crippen molar-refractivity contribution in [3.05, 3.63) is 29.8 Å². The number of likely N-dealkylation sites (N-methyl/N-ethyl adjacent to an activating group) is 1. The molecule has 8 nitrogen and oxygen atoms in total. The lowest BCUT2D eigenvalue weighted by Gasteiger charge is -2.52. The second-order valence-corrected chi connectivity index (χ2v) is 10.4. The molecule has 0 saturated carbocycles. The lowest BCUT2D eigenvalue weighted by molar-refractivity contribution is -0.207. The summed E-state index contributed by atoms with van der Waals surface area (Å²) in [6, 6.07) is 7.11. The summed E-state index contributed by atoms with van der Waals surface area (Å²) in [5.74, 6) is 0.730. The molecule has 0 unspecified atom stereocenters. The molecule has 3 heterocycles. The van der Waals surface area contributed by atoms with Crippen LogP contribution >= 0.6 is 0 Å². The molecule has 0 aliphatic carbocycles. The van der Waals surface area contributed by atoms with Crippen molar-refractivity contribution in [1.82, 2.24) is 14.7 Å². The number of likely N-dealkylation sites (tertiary alicyclic amines) is 2. The van der Waals surface area contributed by atoms with Crippen molar-refractivity contribution >= 4 is 11.8 Å². The molecule has 1 aromatic carbocycles. The van der Waals surface area contributed by atoms with E-state index in [2.05, 4.69) is 4.90 Å². The Balaban J connectivity index is 1.29. The first-order valence-corrected chi connectivity index (χ1v) is 12.5. The molecule has 0 aromatic heterocycles. The molecule has 3 aliphatic rings. The highest BCUT2D eigenvalue weighted by molar-refractivity contribution is 5.94. The van der Waals surface area contributed by atoms with Gasteiger partial charge in [-0.3, -0.25) is 14.5 Å². The van der Waals surface area contributed by atoms with Gasteiger partial charge in [-0.2, -0.15) is 0 Å². The number of ether oxygens (including phenoxy) is 2. The number of carbonyl (C=O) groups is 2. The lowest BCUT2D eigenvalue weighted by Crippen LogP contribution is -2.64. The number of hydrogen-bond donors (Lipinski definition) is 1. The van der Waals surface area contributed by atoms with Gasteiger partial charge in [0.15, 0.2) is 0 Å². The minimum absolute atomic E-state index is 0.0127. The summed E-state index contributed by atoms with van der Waals surface area (Å²) in [5, 5.41) is 10.8. The summed E-state index contributed by atoms with van der Waals surface area (Å²) in [4.78, 5) is 30.9. The highest BCUT2D eigenvalue weighted by Gasteiger charge is 2.50. The third kappa shape index (κ3) is 5.56. The number of carbonyl (C=O) groups excluding carboxylic acids is 2. The molecule has 3 fully saturated rings. The second kappa shape index (κ2) is 10.2. The van der Waals surface area contributed by atoms with Crippen LogP contribution in [0.3, 0.4) is 0 Å². The van der Waals surface area contributed by atoms with E-state index in [0.29, 0.717) is 44.5 Å². The molecule has 2 atom stereocenters. The summed E-state index contributed by atoms with van der Waals surface area (Å²) < 4.78 is 12.0.